The van der Waals surface area contributed by atoms with Gasteiger partial charge in [-0.1, -0.05) is 54.6 Å². The Hall–Kier alpha value is -3.47. The number of hydrogen-bond acceptors (Lipinski definition) is 3. The van der Waals surface area contributed by atoms with Gasteiger partial charge in [-0.3, -0.25) is 14.6 Å². The molecule has 0 spiro atoms. The number of likely N-dealkylation sites (tertiary alicyclic amines) is 1. The van der Waals surface area contributed by atoms with Crippen LogP contribution < -0.4 is 5.32 Å². The van der Waals surface area contributed by atoms with Gasteiger partial charge < -0.3 is 10.2 Å². The van der Waals surface area contributed by atoms with Crippen LogP contribution in [0.2, 0.25) is 0 Å². The molecular formula is C25H25N3O2. The van der Waals surface area contributed by atoms with E-state index in [4.69, 9.17) is 0 Å². The Labute approximate surface area is 176 Å². The van der Waals surface area contributed by atoms with Gasteiger partial charge >= 0.3 is 0 Å². The minimum atomic E-state index is -0.637. The first kappa shape index (κ1) is 19.8. The minimum absolute atomic E-state index is 0.0194. The lowest BCUT2D eigenvalue weighted by Gasteiger charge is -2.28. The van der Waals surface area contributed by atoms with Crippen LogP contribution in [0.4, 0.5) is 0 Å². The number of hydrogen-bond donors (Lipinski definition) is 1. The molecule has 1 aliphatic rings. The van der Waals surface area contributed by atoms with Crippen molar-refractivity contribution in [1.29, 1.82) is 0 Å². The molecule has 1 aliphatic heterocycles. The molecule has 152 valence electrons. The summed E-state index contributed by atoms with van der Waals surface area (Å²) in [7, 11) is 1.66. The van der Waals surface area contributed by atoms with Crippen molar-refractivity contribution in [3.05, 3.63) is 90.3 Å². The fraction of sp³-hybridized carbons (Fsp3) is 0.240. The fourth-order valence-electron chi connectivity index (χ4n) is 4.27. The molecule has 4 rings (SSSR count). The van der Waals surface area contributed by atoms with Crippen LogP contribution in [0, 0.1) is 5.41 Å². The second kappa shape index (κ2) is 8.49. The molecule has 0 bridgehead atoms. The number of amides is 2. The average molecular weight is 399 g/mol. The maximum atomic E-state index is 12.9. The number of carbonyl (C=O) groups excluding carboxylic acids is 2. The summed E-state index contributed by atoms with van der Waals surface area (Å²) in [6, 6.07) is 22.0. The number of aromatic nitrogens is 1. The van der Waals surface area contributed by atoms with Gasteiger partial charge in [0.25, 0.3) is 5.91 Å². The van der Waals surface area contributed by atoms with Crippen LogP contribution in [-0.2, 0) is 11.2 Å². The third-order valence-corrected chi connectivity index (χ3v) is 5.83. The summed E-state index contributed by atoms with van der Waals surface area (Å²) < 4.78 is 0. The van der Waals surface area contributed by atoms with E-state index in [0.717, 1.165) is 16.7 Å². The molecule has 1 saturated heterocycles. The Kier molecular flexibility index (Phi) is 5.61. The lowest BCUT2D eigenvalue weighted by molar-refractivity contribution is -0.129. The predicted octanol–water partition coefficient (Wildman–Crippen LogP) is 3.57. The van der Waals surface area contributed by atoms with Crippen LogP contribution >= 0.6 is 0 Å². The number of pyridine rings is 1. The lowest BCUT2D eigenvalue weighted by Crippen LogP contribution is -2.44. The van der Waals surface area contributed by atoms with Gasteiger partial charge in [0.05, 0.1) is 11.0 Å². The van der Waals surface area contributed by atoms with Crippen LogP contribution in [0.5, 0.6) is 0 Å². The molecule has 30 heavy (non-hydrogen) atoms. The number of carbonyl (C=O) groups is 2. The highest BCUT2D eigenvalue weighted by atomic mass is 16.2. The van der Waals surface area contributed by atoms with Gasteiger partial charge in [-0.15, -0.1) is 0 Å². The van der Waals surface area contributed by atoms with Gasteiger partial charge in [0.1, 0.15) is 0 Å². The normalized spacial score (nSPS) is 18.2. The molecule has 1 N–H and O–H groups in total. The second-order valence-corrected chi connectivity index (χ2v) is 7.82. The Balaban J connectivity index is 1.59. The van der Waals surface area contributed by atoms with Gasteiger partial charge in [-0.05, 0) is 41.7 Å². The SMILES string of the molecule is CNC(=O)[C@@]1(Cc2cccc(-c3ccccc3)c2)CCN(C(=O)c2cccnc2)C1. The molecule has 2 heterocycles. The Morgan fingerprint density at radius 1 is 1.03 bits per heavy atom. The average Bonchev–Trinajstić information content (AvgIpc) is 3.24. The summed E-state index contributed by atoms with van der Waals surface area (Å²) in [5.74, 6) is -0.0963. The van der Waals surface area contributed by atoms with E-state index in [1.54, 1.807) is 36.5 Å². The van der Waals surface area contributed by atoms with Crippen molar-refractivity contribution in [3.63, 3.8) is 0 Å². The first-order chi connectivity index (χ1) is 14.6. The highest BCUT2D eigenvalue weighted by Crippen LogP contribution is 2.36. The van der Waals surface area contributed by atoms with Crippen molar-refractivity contribution in [2.45, 2.75) is 12.8 Å². The van der Waals surface area contributed by atoms with Crippen molar-refractivity contribution in [2.75, 3.05) is 20.1 Å². The lowest BCUT2D eigenvalue weighted by atomic mass is 9.79. The van der Waals surface area contributed by atoms with E-state index >= 15 is 0 Å². The Bertz CT molecular complexity index is 1040. The maximum absolute atomic E-state index is 12.9. The Morgan fingerprint density at radius 2 is 1.83 bits per heavy atom. The summed E-state index contributed by atoms with van der Waals surface area (Å²) in [6.07, 6.45) is 4.44. The summed E-state index contributed by atoms with van der Waals surface area (Å²) >= 11 is 0. The largest absolute Gasteiger partial charge is 0.359 e. The molecule has 0 aliphatic carbocycles. The molecule has 0 radical (unpaired) electrons. The predicted molar refractivity (Wildman–Crippen MR) is 117 cm³/mol. The van der Waals surface area contributed by atoms with Crippen molar-refractivity contribution in [1.82, 2.24) is 15.2 Å². The van der Waals surface area contributed by atoms with Crippen molar-refractivity contribution in [3.8, 4) is 11.1 Å². The molecule has 1 atom stereocenters. The van der Waals surface area contributed by atoms with Gasteiger partial charge in [-0.25, -0.2) is 0 Å². The zero-order valence-electron chi connectivity index (χ0n) is 17.0. The molecule has 0 unspecified atom stereocenters. The third kappa shape index (κ3) is 3.96. The maximum Gasteiger partial charge on any atom is 0.255 e. The van der Waals surface area contributed by atoms with Crippen molar-refractivity contribution in [2.24, 2.45) is 5.41 Å². The molecule has 5 nitrogen and oxygen atoms in total. The molecule has 1 aromatic heterocycles. The first-order valence-corrected chi connectivity index (χ1v) is 10.2. The molecule has 5 heteroatoms. The Morgan fingerprint density at radius 3 is 2.57 bits per heavy atom. The minimum Gasteiger partial charge on any atom is -0.359 e. The first-order valence-electron chi connectivity index (χ1n) is 10.2. The van der Waals surface area contributed by atoms with Gasteiger partial charge in [-0.2, -0.15) is 0 Å². The van der Waals surface area contributed by atoms with E-state index in [-0.39, 0.29) is 11.8 Å². The monoisotopic (exact) mass is 399 g/mol. The van der Waals surface area contributed by atoms with Gasteiger partial charge in [0.2, 0.25) is 5.91 Å². The van der Waals surface area contributed by atoms with Crippen LogP contribution in [0.1, 0.15) is 22.3 Å². The van der Waals surface area contributed by atoms with E-state index < -0.39 is 5.41 Å². The number of nitrogens with zero attached hydrogens (tertiary/aromatic N) is 2. The van der Waals surface area contributed by atoms with Crippen LogP contribution in [-0.4, -0.2) is 41.8 Å². The summed E-state index contributed by atoms with van der Waals surface area (Å²) in [5, 5.41) is 2.82. The topological polar surface area (TPSA) is 62.3 Å². The van der Waals surface area contributed by atoms with E-state index in [1.165, 1.54) is 0 Å². The zero-order valence-corrected chi connectivity index (χ0v) is 17.0. The van der Waals surface area contributed by atoms with E-state index in [0.29, 0.717) is 31.5 Å². The molecule has 2 amide bonds. The number of rotatable bonds is 5. The molecule has 0 saturated carbocycles. The summed E-state index contributed by atoms with van der Waals surface area (Å²) in [5.41, 5.74) is 3.28. The smallest absolute Gasteiger partial charge is 0.255 e. The molecular weight excluding hydrogens is 374 g/mol. The highest BCUT2D eigenvalue weighted by Gasteiger charge is 2.45. The van der Waals surface area contributed by atoms with Crippen molar-refractivity contribution >= 4 is 11.8 Å². The third-order valence-electron chi connectivity index (χ3n) is 5.83. The van der Waals surface area contributed by atoms with Crippen molar-refractivity contribution < 1.29 is 9.59 Å². The summed E-state index contributed by atoms with van der Waals surface area (Å²) in [4.78, 5) is 31.6. The summed E-state index contributed by atoms with van der Waals surface area (Å²) in [6.45, 7) is 0.954. The standard InChI is InChI=1S/C25H25N3O2/c1-26-24(30)25(12-14-28(18-25)23(29)22-11-6-13-27-17-22)16-19-7-5-10-21(15-19)20-8-3-2-4-9-20/h2-11,13,15,17H,12,14,16,18H2,1H3,(H,26,30)/t25-/m1/s1. The highest BCUT2D eigenvalue weighted by molar-refractivity contribution is 5.95. The molecule has 1 fully saturated rings. The number of benzene rings is 2. The van der Waals surface area contributed by atoms with E-state index in [2.05, 4.69) is 40.6 Å². The quantitative estimate of drug-likeness (QED) is 0.713. The van der Waals surface area contributed by atoms with Crippen LogP contribution in [0.25, 0.3) is 11.1 Å². The molecule has 3 aromatic rings. The fourth-order valence-corrected chi connectivity index (χ4v) is 4.27. The van der Waals surface area contributed by atoms with Crippen LogP contribution in [0.15, 0.2) is 79.1 Å². The van der Waals surface area contributed by atoms with E-state index in [9.17, 15) is 9.59 Å². The second-order valence-electron chi connectivity index (χ2n) is 7.82. The number of nitrogens with one attached hydrogen (secondary N) is 1. The van der Waals surface area contributed by atoms with Crippen LogP contribution in [0.3, 0.4) is 0 Å². The van der Waals surface area contributed by atoms with Gasteiger partial charge in [0, 0.05) is 32.5 Å². The van der Waals surface area contributed by atoms with E-state index in [1.807, 2.05) is 24.3 Å². The van der Waals surface area contributed by atoms with Gasteiger partial charge in [0.15, 0.2) is 0 Å². The molecule has 2 aromatic carbocycles. The zero-order chi connectivity index (χ0) is 21.0.